The van der Waals surface area contributed by atoms with Gasteiger partial charge in [-0.25, -0.2) is 14.1 Å². The predicted octanol–water partition coefficient (Wildman–Crippen LogP) is 3.39. The third-order valence-electron chi connectivity index (χ3n) is 4.33. The molecule has 3 rings (SSSR count). The Morgan fingerprint density at radius 3 is 2.88 bits per heavy atom. The molecular formula is C16H18BrClFN5O. The van der Waals surface area contributed by atoms with E-state index in [1.807, 2.05) is 6.92 Å². The molecule has 6 nitrogen and oxygen atoms in total. The molecule has 0 bridgehead atoms. The minimum Gasteiger partial charge on any atom is -0.396 e. The van der Waals surface area contributed by atoms with Crippen molar-refractivity contribution in [1.29, 1.82) is 0 Å². The lowest BCUT2D eigenvalue weighted by Gasteiger charge is -2.30. The second kappa shape index (κ2) is 7.39. The summed E-state index contributed by atoms with van der Waals surface area (Å²) in [6.07, 6.45) is 7.02. The highest BCUT2D eigenvalue weighted by Crippen LogP contribution is 2.37. The second-order valence-electron chi connectivity index (χ2n) is 5.88. The van der Waals surface area contributed by atoms with Crippen molar-refractivity contribution >= 4 is 27.5 Å². The lowest BCUT2D eigenvalue weighted by molar-refractivity contribution is 0.247. The summed E-state index contributed by atoms with van der Waals surface area (Å²) in [5, 5.41) is 18.4. The van der Waals surface area contributed by atoms with Gasteiger partial charge in [-0.15, -0.1) is 0 Å². The van der Waals surface area contributed by atoms with E-state index in [9.17, 15) is 9.50 Å². The number of nitrogens with zero attached hydrogens (tertiary/aromatic N) is 5. The lowest BCUT2D eigenvalue weighted by atomic mass is 9.77. The second-order valence-corrected chi connectivity index (χ2v) is 6.99. The fourth-order valence-corrected chi connectivity index (χ4v) is 4.10. The topological polar surface area (TPSA) is 68.8 Å². The molecule has 0 fully saturated rings. The van der Waals surface area contributed by atoms with Crippen LogP contribution in [0.3, 0.4) is 0 Å². The first-order chi connectivity index (χ1) is 12.0. The van der Waals surface area contributed by atoms with Gasteiger partial charge in [0.1, 0.15) is 22.6 Å². The highest BCUT2D eigenvalue weighted by molar-refractivity contribution is 9.10. The van der Waals surface area contributed by atoms with E-state index in [0.29, 0.717) is 36.9 Å². The number of rotatable bonds is 6. The first-order valence-corrected chi connectivity index (χ1v) is 9.12. The van der Waals surface area contributed by atoms with Crippen molar-refractivity contribution in [2.24, 2.45) is 0 Å². The van der Waals surface area contributed by atoms with Gasteiger partial charge in [-0.3, -0.25) is 4.68 Å². The van der Waals surface area contributed by atoms with E-state index in [-0.39, 0.29) is 12.4 Å². The van der Waals surface area contributed by atoms with Crippen LogP contribution in [0.5, 0.6) is 0 Å². The highest BCUT2D eigenvalue weighted by Gasteiger charge is 2.36. The molecule has 2 aromatic rings. The summed E-state index contributed by atoms with van der Waals surface area (Å²) in [6.45, 7) is 2.92. The molecule has 1 unspecified atom stereocenters. The van der Waals surface area contributed by atoms with Crippen LogP contribution in [0.2, 0.25) is 5.15 Å². The van der Waals surface area contributed by atoms with Gasteiger partial charge in [-0.2, -0.15) is 10.2 Å². The Morgan fingerprint density at radius 1 is 1.44 bits per heavy atom. The van der Waals surface area contributed by atoms with Crippen LogP contribution in [0.1, 0.15) is 31.2 Å². The normalized spacial score (nSPS) is 20.1. The number of aliphatic hydroxyl groups excluding tert-OH is 1. The number of aromatic nitrogens is 5. The molecule has 2 heterocycles. The molecule has 0 saturated heterocycles. The Morgan fingerprint density at radius 2 is 2.24 bits per heavy atom. The van der Waals surface area contributed by atoms with Crippen LogP contribution >= 0.6 is 27.5 Å². The zero-order chi connectivity index (χ0) is 18.0. The molecule has 1 aliphatic carbocycles. The van der Waals surface area contributed by atoms with E-state index < -0.39 is 5.41 Å². The van der Waals surface area contributed by atoms with Gasteiger partial charge in [-0.05, 0) is 47.8 Å². The summed E-state index contributed by atoms with van der Waals surface area (Å²) in [7, 11) is 0. The number of hydrogen-bond acceptors (Lipinski definition) is 4. The standard InChI is InChI=1S/C16H18BrClFN5O/c1-2-23-13(17)12(14(18)22-23)9-24-15(20-10-21-24)16(6-7-25)5-3-4-11(19)8-16/h3-4,8,10,25H,2,5-7,9H2,1H3. The molecule has 0 radical (unpaired) electrons. The summed E-state index contributed by atoms with van der Waals surface area (Å²) in [4.78, 5) is 4.36. The molecule has 0 aromatic carbocycles. The fourth-order valence-electron chi connectivity index (χ4n) is 3.10. The van der Waals surface area contributed by atoms with Crippen LogP contribution in [0, 0.1) is 0 Å². The van der Waals surface area contributed by atoms with Crippen LogP contribution in [-0.4, -0.2) is 36.3 Å². The van der Waals surface area contributed by atoms with E-state index in [1.54, 1.807) is 15.4 Å². The molecule has 25 heavy (non-hydrogen) atoms. The Bertz CT molecular complexity index is 831. The summed E-state index contributed by atoms with van der Waals surface area (Å²) in [5.41, 5.74) is 0.0503. The number of halogens is 3. The van der Waals surface area contributed by atoms with Gasteiger partial charge in [0, 0.05) is 18.7 Å². The van der Waals surface area contributed by atoms with Crippen LogP contribution in [0.4, 0.5) is 4.39 Å². The van der Waals surface area contributed by atoms with Crippen LogP contribution in [0.15, 0.2) is 35.0 Å². The van der Waals surface area contributed by atoms with Crippen molar-refractivity contribution < 1.29 is 9.50 Å². The van der Waals surface area contributed by atoms with Crippen LogP contribution in [0.25, 0.3) is 0 Å². The van der Waals surface area contributed by atoms with Gasteiger partial charge >= 0.3 is 0 Å². The van der Waals surface area contributed by atoms with Gasteiger partial charge in [0.2, 0.25) is 0 Å². The molecule has 0 saturated carbocycles. The first kappa shape index (κ1) is 18.3. The Kier molecular flexibility index (Phi) is 5.41. The molecule has 134 valence electrons. The Hall–Kier alpha value is -1.51. The molecule has 2 aromatic heterocycles. The summed E-state index contributed by atoms with van der Waals surface area (Å²) >= 11 is 9.77. The van der Waals surface area contributed by atoms with Crippen molar-refractivity contribution in [3.8, 4) is 0 Å². The van der Waals surface area contributed by atoms with Crippen molar-refractivity contribution in [2.45, 2.75) is 38.3 Å². The largest absolute Gasteiger partial charge is 0.396 e. The highest BCUT2D eigenvalue weighted by atomic mass is 79.9. The number of hydrogen-bond donors (Lipinski definition) is 1. The molecule has 1 N–H and O–H groups in total. The average molecular weight is 431 g/mol. The first-order valence-electron chi connectivity index (χ1n) is 7.95. The van der Waals surface area contributed by atoms with Crippen molar-refractivity contribution in [1.82, 2.24) is 24.5 Å². The van der Waals surface area contributed by atoms with Gasteiger partial charge in [0.25, 0.3) is 0 Å². The van der Waals surface area contributed by atoms with E-state index >= 15 is 0 Å². The number of aryl methyl sites for hydroxylation is 1. The minimum atomic E-state index is -0.732. The summed E-state index contributed by atoms with van der Waals surface area (Å²) < 4.78 is 18.1. The van der Waals surface area contributed by atoms with E-state index in [0.717, 1.165) is 10.2 Å². The molecule has 1 atom stereocenters. The molecule has 9 heteroatoms. The molecule has 0 amide bonds. The zero-order valence-electron chi connectivity index (χ0n) is 13.7. The summed E-state index contributed by atoms with van der Waals surface area (Å²) in [6, 6.07) is 0. The van der Waals surface area contributed by atoms with E-state index in [2.05, 4.69) is 31.1 Å². The maximum Gasteiger partial charge on any atom is 0.157 e. The summed E-state index contributed by atoms with van der Waals surface area (Å²) in [5.74, 6) is 0.250. The van der Waals surface area contributed by atoms with Gasteiger partial charge in [0.15, 0.2) is 5.15 Å². The predicted molar refractivity (Wildman–Crippen MR) is 96.1 cm³/mol. The third-order valence-corrected chi connectivity index (χ3v) is 5.52. The van der Waals surface area contributed by atoms with Gasteiger partial charge in [-0.1, -0.05) is 17.7 Å². The van der Waals surface area contributed by atoms with Crippen molar-refractivity contribution in [3.05, 3.63) is 51.5 Å². The maximum atomic E-state index is 13.9. The lowest BCUT2D eigenvalue weighted by Crippen LogP contribution is -2.31. The smallest absolute Gasteiger partial charge is 0.157 e. The monoisotopic (exact) mass is 429 g/mol. The molecule has 1 aliphatic rings. The molecule has 0 aliphatic heterocycles. The van der Waals surface area contributed by atoms with Crippen molar-refractivity contribution in [3.63, 3.8) is 0 Å². The van der Waals surface area contributed by atoms with Gasteiger partial charge < -0.3 is 5.11 Å². The number of allylic oxidation sites excluding steroid dienone is 4. The fraction of sp³-hybridized carbons (Fsp3) is 0.438. The molecule has 0 spiro atoms. The van der Waals surface area contributed by atoms with E-state index in [4.69, 9.17) is 11.6 Å². The SMILES string of the molecule is CCn1nc(Cl)c(Cn2ncnc2C2(CCO)C=C(F)C=CC2)c1Br. The Labute approximate surface area is 158 Å². The van der Waals surface area contributed by atoms with Crippen LogP contribution < -0.4 is 0 Å². The van der Waals surface area contributed by atoms with E-state index in [1.165, 1.54) is 18.5 Å². The zero-order valence-corrected chi connectivity index (χ0v) is 16.0. The average Bonchev–Trinajstić information content (AvgIpc) is 3.15. The Balaban J connectivity index is 2.00. The van der Waals surface area contributed by atoms with Crippen LogP contribution in [-0.2, 0) is 18.5 Å². The number of aliphatic hydroxyl groups is 1. The van der Waals surface area contributed by atoms with Crippen molar-refractivity contribution in [2.75, 3.05) is 6.61 Å². The third kappa shape index (κ3) is 3.43. The van der Waals surface area contributed by atoms with Gasteiger partial charge in [0.05, 0.1) is 12.0 Å². The maximum absolute atomic E-state index is 13.9. The minimum absolute atomic E-state index is 0.0807. The molecular weight excluding hydrogens is 413 g/mol. The quantitative estimate of drug-likeness (QED) is 0.763.